The van der Waals surface area contributed by atoms with Crippen LogP contribution >= 0.6 is 0 Å². The number of hydrogen-bond donors (Lipinski definition) is 2. The molecule has 0 spiro atoms. The van der Waals surface area contributed by atoms with Gasteiger partial charge in [0.05, 0.1) is 23.2 Å². The molecule has 5 nitrogen and oxygen atoms in total. The van der Waals surface area contributed by atoms with E-state index >= 15 is 0 Å². The van der Waals surface area contributed by atoms with Crippen molar-refractivity contribution in [1.29, 1.82) is 5.41 Å². The van der Waals surface area contributed by atoms with Gasteiger partial charge in [0.1, 0.15) is 17.4 Å². The number of amidine groups is 1. The molecule has 0 atom stereocenters. The number of benzene rings is 2. The smallest absolute Gasteiger partial charge is 0.148 e. The van der Waals surface area contributed by atoms with Crippen LogP contribution in [-0.2, 0) is 13.6 Å². The van der Waals surface area contributed by atoms with E-state index < -0.39 is 0 Å². The summed E-state index contributed by atoms with van der Waals surface area (Å²) < 4.78 is 1.95. The summed E-state index contributed by atoms with van der Waals surface area (Å²) in [5.41, 5.74) is 4.65. The van der Waals surface area contributed by atoms with Crippen LogP contribution in [0.2, 0.25) is 0 Å². The fraction of sp³-hybridized carbons (Fsp3) is 0.200. The molecule has 1 aliphatic heterocycles. The van der Waals surface area contributed by atoms with E-state index in [1.807, 2.05) is 72.0 Å². The zero-order valence-corrected chi connectivity index (χ0v) is 14.3. The Hall–Kier alpha value is -3.08. The molecule has 1 aromatic heterocycles. The molecule has 2 heterocycles. The molecule has 4 rings (SSSR count). The number of aromatic nitrogens is 2. The van der Waals surface area contributed by atoms with Crippen LogP contribution in [0.15, 0.2) is 54.3 Å². The van der Waals surface area contributed by atoms with Crippen molar-refractivity contribution in [2.75, 3.05) is 6.54 Å². The largest absolute Gasteiger partial charge is 0.510 e. The summed E-state index contributed by atoms with van der Waals surface area (Å²) in [6.07, 6.45) is 0. The van der Waals surface area contributed by atoms with Gasteiger partial charge in [0.2, 0.25) is 0 Å². The Morgan fingerprint density at radius 2 is 1.92 bits per heavy atom. The highest BCUT2D eigenvalue weighted by Gasteiger charge is 2.31. The first-order valence-electron chi connectivity index (χ1n) is 8.28. The minimum absolute atomic E-state index is 0.205. The lowest BCUT2D eigenvalue weighted by Crippen LogP contribution is -2.26. The Kier molecular flexibility index (Phi) is 3.57. The fourth-order valence-electron chi connectivity index (χ4n) is 3.34. The zero-order chi connectivity index (χ0) is 17.6. The molecule has 3 aromatic rings. The summed E-state index contributed by atoms with van der Waals surface area (Å²) in [7, 11) is 1.92. The molecule has 0 bridgehead atoms. The van der Waals surface area contributed by atoms with Gasteiger partial charge in [-0.1, -0.05) is 36.4 Å². The number of aliphatic hydroxyl groups is 1. The normalized spacial score (nSPS) is 14.8. The van der Waals surface area contributed by atoms with Crippen LogP contribution in [0.4, 0.5) is 0 Å². The maximum atomic E-state index is 10.5. The second-order valence-corrected chi connectivity index (χ2v) is 6.50. The van der Waals surface area contributed by atoms with Gasteiger partial charge in [0.15, 0.2) is 0 Å². The van der Waals surface area contributed by atoms with E-state index in [9.17, 15) is 5.11 Å². The summed E-state index contributed by atoms with van der Waals surface area (Å²) in [6.45, 7) is 2.96. The molecule has 25 heavy (non-hydrogen) atoms. The van der Waals surface area contributed by atoms with Gasteiger partial charge in [-0.3, -0.25) is 5.41 Å². The summed E-state index contributed by atoms with van der Waals surface area (Å²) in [4.78, 5) is 6.54. The number of imidazole rings is 1. The molecule has 0 aliphatic carbocycles. The van der Waals surface area contributed by atoms with Gasteiger partial charge in [0, 0.05) is 13.6 Å². The van der Waals surface area contributed by atoms with Gasteiger partial charge in [0.25, 0.3) is 0 Å². The first kappa shape index (κ1) is 15.4. The Morgan fingerprint density at radius 3 is 2.68 bits per heavy atom. The summed E-state index contributed by atoms with van der Waals surface area (Å²) in [5, 5.41) is 19.1. The van der Waals surface area contributed by atoms with Crippen LogP contribution in [0.3, 0.4) is 0 Å². The van der Waals surface area contributed by atoms with Crippen LogP contribution in [0.25, 0.3) is 16.6 Å². The van der Waals surface area contributed by atoms with E-state index in [4.69, 9.17) is 5.41 Å². The fourth-order valence-corrected chi connectivity index (χ4v) is 3.34. The van der Waals surface area contributed by atoms with Crippen molar-refractivity contribution in [3.05, 3.63) is 71.2 Å². The van der Waals surface area contributed by atoms with Crippen LogP contribution < -0.4 is 0 Å². The van der Waals surface area contributed by atoms with Gasteiger partial charge >= 0.3 is 0 Å². The number of rotatable bonds is 3. The number of aliphatic hydroxyl groups excluding tert-OH is 1. The molecule has 1 aliphatic rings. The van der Waals surface area contributed by atoms with Gasteiger partial charge < -0.3 is 14.6 Å². The first-order chi connectivity index (χ1) is 12.0. The van der Waals surface area contributed by atoms with Crippen molar-refractivity contribution >= 4 is 22.4 Å². The van der Waals surface area contributed by atoms with Crippen LogP contribution in [-0.4, -0.2) is 31.9 Å². The molecule has 0 saturated carbocycles. The van der Waals surface area contributed by atoms with Crippen molar-refractivity contribution in [1.82, 2.24) is 14.5 Å². The third kappa shape index (κ3) is 2.58. The Bertz CT molecular complexity index is 1000. The average molecular weight is 332 g/mol. The second kappa shape index (κ2) is 5.77. The quantitative estimate of drug-likeness (QED) is 0.769. The maximum Gasteiger partial charge on any atom is 0.148 e. The van der Waals surface area contributed by atoms with Crippen molar-refractivity contribution in [2.45, 2.75) is 13.5 Å². The predicted molar refractivity (Wildman–Crippen MR) is 99.6 cm³/mol. The van der Waals surface area contributed by atoms with E-state index in [1.54, 1.807) is 0 Å². The molecule has 0 fully saturated rings. The Balaban J connectivity index is 1.70. The highest BCUT2D eigenvalue weighted by molar-refractivity contribution is 6.23. The minimum Gasteiger partial charge on any atom is -0.510 e. The zero-order valence-electron chi connectivity index (χ0n) is 14.3. The lowest BCUT2D eigenvalue weighted by Gasteiger charge is -2.18. The molecule has 2 N–H and O–H groups in total. The van der Waals surface area contributed by atoms with Crippen LogP contribution in [0.1, 0.15) is 17.0 Å². The molecular weight excluding hydrogens is 312 g/mol. The topological polar surface area (TPSA) is 65.1 Å². The number of fused-ring (bicyclic) bond motifs is 1. The van der Waals surface area contributed by atoms with Gasteiger partial charge in [-0.05, 0) is 30.2 Å². The minimum atomic E-state index is 0.205. The summed E-state index contributed by atoms with van der Waals surface area (Å²) in [6, 6.07) is 16.1. The van der Waals surface area contributed by atoms with Crippen molar-refractivity contribution in [3.8, 4) is 0 Å². The number of aryl methyl sites for hydroxylation is 2. The molecule has 0 amide bonds. The standard InChI is InChI=1S/C20H20N4O/c1-13-8-9-16-15(10-13)22-20(23(16)2)18-17(25)12-24(19(18)21)11-14-6-4-3-5-7-14/h3-10,21,25H,11-12H2,1-2H3. The lowest BCUT2D eigenvalue weighted by atomic mass is 10.2. The predicted octanol–water partition coefficient (Wildman–Crippen LogP) is 3.64. The van der Waals surface area contributed by atoms with Crippen molar-refractivity contribution in [3.63, 3.8) is 0 Å². The van der Waals surface area contributed by atoms with Gasteiger partial charge in [-0.2, -0.15) is 0 Å². The van der Waals surface area contributed by atoms with Crippen molar-refractivity contribution < 1.29 is 5.11 Å². The van der Waals surface area contributed by atoms with Gasteiger partial charge in [-0.25, -0.2) is 4.98 Å². The summed E-state index contributed by atoms with van der Waals surface area (Å²) in [5.74, 6) is 1.16. The van der Waals surface area contributed by atoms with Crippen LogP contribution in [0.5, 0.6) is 0 Å². The maximum absolute atomic E-state index is 10.5. The Morgan fingerprint density at radius 1 is 1.16 bits per heavy atom. The number of nitrogens with one attached hydrogen (secondary N) is 1. The van der Waals surface area contributed by atoms with Crippen LogP contribution in [0, 0.1) is 12.3 Å². The molecule has 2 aromatic carbocycles. The molecule has 0 radical (unpaired) electrons. The lowest BCUT2D eigenvalue weighted by molar-refractivity contribution is 0.347. The van der Waals surface area contributed by atoms with E-state index in [0.717, 1.165) is 22.2 Å². The molecule has 5 heteroatoms. The molecular formula is C20H20N4O. The SMILES string of the molecule is Cc1ccc2c(c1)nc(C1=C(O)CN(Cc3ccccc3)C1=N)n2C. The highest BCUT2D eigenvalue weighted by atomic mass is 16.3. The molecule has 0 saturated heterocycles. The number of hydrogen-bond acceptors (Lipinski definition) is 3. The Labute approximate surface area is 146 Å². The van der Waals surface area contributed by atoms with Gasteiger partial charge in [-0.15, -0.1) is 0 Å². The second-order valence-electron chi connectivity index (χ2n) is 6.50. The van der Waals surface area contributed by atoms with E-state index in [2.05, 4.69) is 4.98 Å². The monoisotopic (exact) mass is 332 g/mol. The molecule has 0 unspecified atom stereocenters. The third-order valence-electron chi connectivity index (χ3n) is 4.66. The van der Waals surface area contributed by atoms with E-state index in [-0.39, 0.29) is 5.76 Å². The number of nitrogens with zero attached hydrogens (tertiary/aromatic N) is 3. The third-order valence-corrected chi connectivity index (χ3v) is 4.66. The average Bonchev–Trinajstić information content (AvgIpc) is 3.05. The molecule has 126 valence electrons. The highest BCUT2D eigenvalue weighted by Crippen LogP contribution is 2.30. The van der Waals surface area contributed by atoms with E-state index in [1.165, 1.54) is 0 Å². The van der Waals surface area contributed by atoms with E-state index in [0.29, 0.717) is 30.3 Å². The summed E-state index contributed by atoms with van der Waals surface area (Å²) >= 11 is 0. The first-order valence-corrected chi connectivity index (χ1v) is 8.28. The van der Waals surface area contributed by atoms with Crippen molar-refractivity contribution in [2.24, 2.45) is 7.05 Å².